The van der Waals surface area contributed by atoms with E-state index in [1.807, 2.05) is 43.3 Å². The molecule has 0 spiro atoms. The van der Waals surface area contributed by atoms with Crippen LogP contribution in [0.15, 0.2) is 54.7 Å². The monoisotopic (exact) mass is 429 g/mol. The number of methoxy groups -OCH3 is 3. The lowest BCUT2D eigenvalue weighted by molar-refractivity contribution is 0.1000. The summed E-state index contributed by atoms with van der Waals surface area (Å²) in [5.41, 5.74) is 11.6. The number of aryl methyl sites for hydroxylation is 1. The fourth-order valence-corrected chi connectivity index (χ4v) is 3.74. The highest BCUT2D eigenvalue weighted by atomic mass is 16.5. The maximum Gasteiger partial charge on any atom is 0.248 e. The zero-order valence-corrected chi connectivity index (χ0v) is 18.3. The molecule has 2 N–H and O–H groups in total. The van der Waals surface area contributed by atoms with E-state index < -0.39 is 5.91 Å². The van der Waals surface area contributed by atoms with E-state index in [-0.39, 0.29) is 0 Å². The minimum absolute atomic E-state index is 0.456. The number of carbonyl (C=O) groups is 1. The highest BCUT2D eigenvalue weighted by molar-refractivity contribution is 5.96. The van der Waals surface area contributed by atoms with E-state index in [1.165, 1.54) is 0 Å². The lowest BCUT2D eigenvalue weighted by Gasteiger charge is -2.14. The van der Waals surface area contributed by atoms with Crippen molar-refractivity contribution in [1.82, 2.24) is 9.97 Å². The fourth-order valence-electron chi connectivity index (χ4n) is 3.74. The summed E-state index contributed by atoms with van der Waals surface area (Å²) >= 11 is 0. The van der Waals surface area contributed by atoms with Gasteiger partial charge in [0.15, 0.2) is 11.5 Å². The lowest BCUT2D eigenvalue weighted by Crippen LogP contribution is -2.11. The van der Waals surface area contributed by atoms with Crippen LogP contribution in [-0.4, -0.2) is 37.2 Å². The van der Waals surface area contributed by atoms with Crippen LogP contribution in [-0.2, 0) is 0 Å². The summed E-state index contributed by atoms with van der Waals surface area (Å²) in [6.07, 6.45) is 1.72. The van der Waals surface area contributed by atoms with Crippen LogP contribution in [0.1, 0.15) is 15.9 Å². The number of rotatable bonds is 6. The summed E-state index contributed by atoms with van der Waals surface area (Å²) in [7, 11) is 4.71. The second-order valence-corrected chi connectivity index (χ2v) is 7.24. The Morgan fingerprint density at radius 1 is 0.906 bits per heavy atom. The molecule has 7 nitrogen and oxygen atoms in total. The van der Waals surface area contributed by atoms with Gasteiger partial charge < -0.3 is 19.9 Å². The smallest absolute Gasteiger partial charge is 0.248 e. The molecule has 0 atom stereocenters. The van der Waals surface area contributed by atoms with Crippen molar-refractivity contribution in [1.29, 1.82) is 0 Å². The van der Waals surface area contributed by atoms with Gasteiger partial charge in [-0.05, 0) is 48.4 Å². The van der Waals surface area contributed by atoms with Gasteiger partial charge in [0, 0.05) is 16.7 Å². The van der Waals surface area contributed by atoms with Crippen LogP contribution in [0.4, 0.5) is 0 Å². The number of para-hydroxylation sites is 1. The second-order valence-electron chi connectivity index (χ2n) is 7.24. The predicted octanol–water partition coefficient (Wildman–Crippen LogP) is 4.40. The molecule has 0 aliphatic rings. The van der Waals surface area contributed by atoms with Crippen molar-refractivity contribution < 1.29 is 19.0 Å². The van der Waals surface area contributed by atoms with E-state index >= 15 is 0 Å². The van der Waals surface area contributed by atoms with E-state index in [0.29, 0.717) is 28.5 Å². The summed E-state index contributed by atoms with van der Waals surface area (Å²) in [4.78, 5) is 21.1. The molecule has 1 amide bonds. The Kier molecular flexibility index (Phi) is 5.64. The number of hydrogen-bond donors (Lipinski definition) is 1. The van der Waals surface area contributed by atoms with Crippen LogP contribution in [0.2, 0.25) is 0 Å². The van der Waals surface area contributed by atoms with E-state index in [2.05, 4.69) is 4.98 Å². The molecule has 0 bridgehead atoms. The van der Waals surface area contributed by atoms with E-state index in [0.717, 1.165) is 33.3 Å². The van der Waals surface area contributed by atoms with E-state index in [9.17, 15) is 4.79 Å². The number of benzene rings is 3. The third kappa shape index (κ3) is 3.69. The first-order valence-electron chi connectivity index (χ1n) is 9.93. The maximum absolute atomic E-state index is 11.5. The third-order valence-electron chi connectivity index (χ3n) is 5.33. The lowest BCUT2D eigenvalue weighted by atomic mass is 9.97. The molecular formula is C25H23N3O4. The first-order chi connectivity index (χ1) is 15.5. The Bertz CT molecular complexity index is 1310. The minimum atomic E-state index is -0.456. The SMILES string of the molecule is COc1cc(-c2cnc3cccc(-c4ccc(C(N)=O)cc4C)c3n2)cc(OC)c1OC. The van der Waals surface area contributed by atoms with Gasteiger partial charge in [-0.3, -0.25) is 9.78 Å². The molecule has 0 aliphatic heterocycles. The number of nitrogens with two attached hydrogens (primary N) is 1. The van der Waals surface area contributed by atoms with Gasteiger partial charge in [-0.1, -0.05) is 18.2 Å². The number of hydrogen-bond acceptors (Lipinski definition) is 6. The Morgan fingerprint density at radius 2 is 1.62 bits per heavy atom. The van der Waals surface area contributed by atoms with Gasteiger partial charge in [0.2, 0.25) is 11.7 Å². The molecule has 4 rings (SSSR count). The number of carbonyl (C=O) groups excluding carboxylic acids is 1. The van der Waals surface area contributed by atoms with Gasteiger partial charge in [-0.2, -0.15) is 0 Å². The summed E-state index contributed by atoms with van der Waals surface area (Å²) < 4.78 is 16.4. The Labute approximate surface area is 185 Å². The number of primary amides is 1. The van der Waals surface area contributed by atoms with Gasteiger partial charge >= 0.3 is 0 Å². The second kappa shape index (κ2) is 8.55. The molecule has 0 unspecified atom stereocenters. The average Bonchev–Trinajstić information content (AvgIpc) is 2.82. The maximum atomic E-state index is 11.5. The first-order valence-corrected chi connectivity index (χ1v) is 9.93. The number of aromatic nitrogens is 2. The third-order valence-corrected chi connectivity index (χ3v) is 5.33. The number of amides is 1. The van der Waals surface area contributed by atoms with Gasteiger partial charge in [0.1, 0.15) is 0 Å². The van der Waals surface area contributed by atoms with Crippen molar-refractivity contribution in [2.75, 3.05) is 21.3 Å². The number of ether oxygens (including phenoxy) is 3. The molecule has 4 aromatic rings. The van der Waals surface area contributed by atoms with Crippen molar-refractivity contribution in [2.24, 2.45) is 5.73 Å². The summed E-state index contributed by atoms with van der Waals surface area (Å²) in [5.74, 6) is 1.13. The van der Waals surface area contributed by atoms with Crippen LogP contribution < -0.4 is 19.9 Å². The molecular weight excluding hydrogens is 406 g/mol. The van der Waals surface area contributed by atoms with Gasteiger partial charge in [-0.15, -0.1) is 0 Å². The van der Waals surface area contributed by atoms with Gasteiger partial charge in [0.05, 0.1) is 44.3 Å². The quantitative estimate of drug-likeness (QED) is 0.488. The normalized spacial score (nSPS) is 10.8. The topological polar surface area (TPSA) is 96.6 Å². The molecule has 1 aromatic heterocycles. The molecule has 162 valence electrons. The average molecular weight is 429 g/mol. The van der Waals surface area contributed by atoms with Crippen molar-refractivity contribution in [3.05, 3.63) is 65.9 Å². The summed E-state index contributed by atoms with van der Waals surface area (Å²) in [5, 5.41) is 0. The fraction of sp³-hybridized carbons (Fsp3) is 0.160. The first kappa shape index (κ1) is 21.1. The van der Waals surface area contributed by atoms with Crippen LogP contribution in [0.5, 0.6) is 17.2 Å². The highest BCUT2D eigenvalue weighted by Crippen LogP contribution is 2.41. The van der Waals surface area contributed by atoms with Gasteiger partial charge in [0.25, 0.3) is 0 Å². The van der Waals surface area contributed by atoms with Crippen LogP contribution >= 0.6 is 0 Å². The number of nitrogens with zero attached hydrogens (tertiary/aromatic N) is 2. The molecule has 0 fully saturated rings. The largest absolute Gasteiger partial charge is 0.493 e. The molecule has 0 radical (unpaired) electrons. The molecule has 32 heavy (non-hydrogen) atoms. The Hall–Kier alpha value is -4.13. The molecule has 0 saturated heterocycles. The standard InChI is InChI=1S/C25H23N3O4/c1-14-10-15(25(26)29)8-9-17(14)18-6-5-7-19-23(18)28-20(13-27-19)16-11-21(30-2)24(32-4)22(12-16)31-3/h5-13H,1-4H3,(H2,26,29). The van der Waals surface area contributed by atoms with Crippen LogP contribution in [0, 0.1) is 6.92 Å². The van der Waals surface area contributed by atoms with Crippen molar-refractivity contribution in [3.8, 4) is 39.6 Å². The summed E-state index contributed by atoms with van der Waals surface area (Å²) in [6, 6.07) is 14.9. The Morgan fingerprint density at radius 3 is 2.22 bits per heavy atom. The Balaban J connectivity index is 1.90. The van der Waals surface area contributed by atoms with Crippen molar-refractivity contribution in [2.45, 2.75) is 6.92 Å². The van der Waals surface area contributed by atoms with E-state index in [1.54, 1.807) is 39.7 Å². The number of fused-ring (bicyclic) bond motifs is 1. The molecule has 0 aliphatic carbocycles. The molecule has 3 aromatic carbocycles. The van der Waals surface area contributed by atoms with E-state index in [4.69, 9.17) is 24.9 Å². The van der Waals surface area contributed by atoms with Crippen molar-refractivity contribution >= 4 is 16.9 Å². The zero-order valence-electron chi connectivity index (χ0n) is 18.3. The molecule has 0 saturated carbocycles. The minimum Gasteiger partial charge on any atom is -0.493 e. The van der Waals surface area contributed by atoms with Crippen LogP contribution in [0.3, 0.4) is 0 Å². The van der Waals surface area contributed by atoms with Crippen molar-refractivity contribution in [3.63, 3.8) is 0 Å². The summed E-state index contributed by atoms with van der Waals surface area (Å²) in [6.45, 7) is 1.94. The highest BCUT2D eigenvalue weighted by Gasteiger charge is 2.16. The van der Waals surface area contributed by atoms with Crippen LogP contribution in [0.25, 0.3) is 33.4 Å². The molecule has 7 heteroatoms. The zero-order chi connectivity index (χ0) is 22.8. The van der Waals surface area contributed by atoms with Gasteiger partial charge in [-0.25, -0.2) is 4.98 Å². The predicted molar refractivity (Wildman–Crippen MR) is 123 cm³/mol. The molecule has 1 heterocycles.